The third-order valence-electron chi connectivity index (χ3n) is 5.13. The Labute approximate surface area is 206 Å². The van der Waals surface area contributed by atoms with Crippen LogP contribution in [0.3, 0.4) is 0 Å². The van der Waals surface area contributed by atoms with Crippen LogP contribution >= 0.6 is 23.2 Å². The minimum Gasteiger partial charge on any atom is -0.385 e. The molecule has 0 amide bonds. The van der Waals surface area contributed by atoms with Gasteiger partial charge in [-0.1, -0.05) is 59.6 Å². The van der Waals surface area contributed by atoms with E-state index in [0.29, 0.717) is 34.3 Å². The van der Waals surface area contributed by atoms with Crippen molar-refractivity contribution in [2.24, 2.45) is 0 Å². The summed E-state index contributed by atoms with van der Waals surface area (Å²) in [6, 6.07) is 19.2. The zero-order chi connectivity index (χ0) is 24.0. The van der Waals surface area contributed by atoms with Crippen LogP contribution < -0.4 is 5.32 Å². The van der Waals surface area contributed by atoms with E-state index in [2.05, 4.69) is 11.4 Å². The maximum atomic E-state index is 10.8. The fourth-order valence-corrected chi connectivity index (χ4v) is 4.79. The van der Waals surface area contributed by atoms with Gasteiger partial charge in [0.1, 0.15) is 10.7 Å². The van der Waals surface area contributed by atoms with Crippen molar-refractivity contribution < 1.29 is 8.42 Å². The molecule has 0 aliphatic heterocycles. The number of benzene rings is 3. The number of hydrogen-bond acceptors (Lipinski definition) is 5. The van der Waals surface area contributed by atoms with Gasteiger partial charge >= 0.3 is 0 Å². The first kappa shape index (κ1) is 25.1. The summed E-state index contributed by atoms with van der Waals surface area (Å²) in [6.45, 7) is 1.34. The summed E-state index contributed by atoms with van der Waals surface area (Å²) in [4.78, 5) is 2.01. The fraction of sp³-hybridized carbons (Fsp3) is 0.240. The molecule has 8 heteroatoms. The molecule has 3 aromatic rings. The molecule has 0 heterocycles. The molecule has 172 valence electrons. The molecule has 0 atom stereocenters. The molecule has 5 nitrogen and oxygen atoms in total. The lowest BCUT2D eigenvalue weighted by Gasteiger charge is -2.15. The summed E-state index contributed by atoms with van der Waals surface area (Å²) in [5, 5.41) is 13.9. The van der Waals surface area contributed by atoms with Gasteiger partial charge in [-0.15, -0.1) is 0 Å². The van der Waals surface area contributed by atoms with Crippen LogP contribution in [0.15, 0.2) is 54.6 Å². The molecule has 33 heavy (non-hydrogen) atoms. The smallest absolute Gasteiger partial charge is 0.144 e. The normalized spacial score (nSPS) is 11.1. The maximum absolute atomic E-state index is 10.8. The maximum Gasteiger partial charge on any atom is 0.144 e. The van der Waals surface area contributed by atoms with Gasteiger partial charge in [0.05, 0.1) is 27.4 Å². The van der Waals surface area contributed by atoms with Crippen molar-refractivity contribution in [3.8, 4) is 17.2 Å². The summed E-state index contributed by atoms with van der Waals surface area (Å²) < 4.78 is 21.7. The molecule has 0 fully saturated rings. The Balaban J connectivity index is 1.71. The SMILES string of the molecule is CN(C)Cc1ccc(-c2c(Cl)cc(NCCc3ccc(C[SH](=O)=O)cc3)cc2Cl)cc1C#N. The topological polar surface area (TPSA) is 73.2 Å². The molecule has 0 spiro atoms. The lowest BCUT2D eigenvalue weighted by Crippen LogP contribution is -2.11. The third-order valence-corrected chi connectivity index (χ3v) is 6.34. The summed E-state index contributed by atoms with van der Waals surface area (Å²) >= 11 is 13.2. The van der Waals surface area contributed by atoms with Crippen LogP contribution in [0.25, 0.3) is 11.1 Å². The molecule has 0 aliphatic carbocycles. The van der Waals surface area contributed by atoms with Gasteiger partial charge in [0.15, 0.2) is 0 Å². The van der Waals surface area contributed by atoms with Crippen molar-refractivity contribution in [2.45, 2.75) is 18.7 Å². The van der Waals surface area contributed by atoms with E-state index in [0.717, 1.165) is 34.4 Å². The molecule has 0 bridgehead atoms. The van der Waals surface area contributed by atoms with E-state index in [-0.39, 0.29) is 5.75 Å². The molecular weight excluding hydrogens is 477 g/mol. The first-order valence-electron chi connectivity index (χ1n) is 10.4. The van der Waals surface area contributed by atoms with Crippen molar-refractivity contribution in [3.05, 3.63) is 86.9 Å². The number of halogens is 2. The van der Waals surface area contributed by atoms with Crippen molar-refractivity contribution in [1.82, 2.24) is 4.90 Å². The second-order valence-corrected chi connectivity index (χ2v) is 9.82. The number of hydrogen-bond donors (Lipinski definition) is 2. The van der Waals surface area contributed by atoms with Crippen LogP contribution in [-0.4, -0.2) is 34.0 Å². The minimum atomic E-state index is -2.42. The number of nitrogens with zero attached hydrogens (tertiary/aromatic N) is 2. The van der Waals surface area contributed by atoms with E-state index < -0.39 is 10.7 Å². The Bertz CT molecular complexity index is 1220. The van der Waals surface area contributed by atoms with Gasteiger partial charge in [-0.3, -0.25) is 0 Å². The molecule has 3 aromatic carbocycles. The Morgan fingerprint density at radius 2 is 1.61 bits per heavy atom. The zero-order valence-corrected chi connectivity index (χ0v) is 20.8. The number of thiol groups is 1. The Morgan fingerprint density at radius 1 is 0.970 bits per heavy atom. The Morgan fingerprint density at radius 3 is 2.18 bits per heavy atom. The van der Waals surface area contributed by atoms with Crippen LogP contribution in [0.2, 0.25) is 10.0 Å². The van der Waals surface area contributed by atoms with E-state index in [1.165, 1.54) is 0 Å². The molecule has 1 N–H and O–H groups in total. The number of anilines is 1. The van der Waals surface area contributed by atoms with E-state index in [1.807, 2.05) is 73.6 Å². The minimum absolute atomic E-state index is 0.0610. The van der Waals surface area contributed by atoms with Gasteiger partial charge < -0.3 is 10.2 Å². The van der Waals surface area contributed by atoms with Crippen molar-refractivity contribution in [3.63, 3.8) is 0 Å². The number of nitriles is 1. The largest absolute Gasteiger partial charge is 0.385 e. The Hall–Kier alpha value is -2.56. The molecule has 0 saturated heterocycles. The quantitative estimate of drug-likeness (QED) is 0.386. The van der Waals surface area contributed by atoms with Crippen LogP contribution in [0.4, 0.5) is 5.69 Å². The second-order valence-electron chi connectivity index (χ2n) is 8.02. The van der Waals surface area contributed by atoms with Crippen LogP contribution in [0.5, 0.6) is 0 Å². The summed E-state index contributed by atoms with van der Waals surface area (Å²) in [5.74, 6) is 0.0610. The third kappa shape index (κ3) is 6.96. The molecule has 3 rings (SSSR count). The molecule has 0 radical (unpaired) electrons. The second kappa shape index (κ2) is 11.5. The summed E-state index contributed by atoms with van der Waals surface area (Å²) in [5.41, 5.74) is 5.74. The van der Waals surface area contributed by atoms with Crippen LogP contribution in [-0.2, 0) is 29.4 Å². The average molecular weight is 502 g/mol. The lowest BCUT2D eigenvalue weighted by atomic mass is 9.99. The average Bonchev–Trinajstić information content (AvgIpc) is 2.74. The van der Waals surface area contributed by atoms with Gasteiger partial charge in [-0.25, -0.2) is 8.42 Å². The number of rotatable bonds is 9. The summed E-state index contributed by atoms with van der Waals surface area (Å²) in [7, 11) is 1.50. The highest BCUT2D eigenvalue weighted by Crippen LogP contribution is 2.38. The van der Waals surface area contributed by atoms with Crippen LogP contribution in [0, 0.1) is 11.3 Å². The fourth-order valence-electron chi connectivity index (χ4n) is 3.58. The van der Waals surface area contributed by atoms with Crippen molar-refractivity contribution in [2.75, 3.05) is 26.0 Å². The first-order valence-corrected chi connectivity index (χ1v) is 12.5. The van der Waals surface area contributed by atoms with Crippen molar-refractivity contribution >= 4 is 39.6 Å². The molecule has 0 aromatic heterocycles. The zero-order valence-electron chi connectivity index (χ0n) is 18.4. The lowest BCUT2D eigenvalue weighted by molar-refractivity contribution is 0.402. The molecule has 0 aliphatic rings. The first-order chi connectivity index (χ1) is 15.8. The summed E-state index contributed by atoms with van der Waals surface area (Å²) in [6.07, 6.45) is 0.764. The highest BCUT2D eigenvalue weighted by atomic mass is 35.5. The van der Waals surface area contributed by atoms with Crippen molar-refractivity contribution in [1.29, 1.82) is 5.26 Å². The van der Waals surface area contributed by atoms with E-state index in [4.69, 9.17) is 23.2 Å². The van der Waals surface area contributed by atoms with Gasteiger partial charge in [-0.2, -0.15) is 5.26 Å². The molecular formula is C25H25Cl2N3O2S. The highest BCUT2D eigenvalue weighted by Gasteiger charge is 2.13. The monoisotopic (exact) mass is 501 g/mol. The molecule has 0 unspecified atom stereocenters. The predicted molar refractivity (Wildman–Crippen MR) is 137 cm³/mol. The molecule has 0 saturated carbocycles. The van der Waals surface area contributed by atoms with Gasteiger partial charge in [0.2, 0.25) is 0 Å². The highest BCUT2D eigenvalue weighted by molar-refractivity contribution is 7.71. The standard InChI is InChI=1S/C25H25Cl2N3O2S/c1-30(2)15-20-8-7-19(11-21(20)14-28)25-23(26)12-22(13-24(25)27)29-10-9-17-3-5-18(6-4-17)16-33(31)32/h3-8,11-13,29,33H,9-10,15-16H2,1-2H3. The van der Waals surface area contributed by atoms with E-state index >= 15 is 0 Å². The van der Waals surface area contributed by atoms with Gasteiger partial charge in [0, 0.05) is 24.3 Å². The Kier molecular flexibility index (Phi) is 8.76. The van der Waals surface area contributed by atoms with Gasteiger partial charge in [-0.05, 0) is 61.0 Å². The van der Waals surface area contributed by atoms with Gasteiger partial charge in [0.25, 0.3) is 0 Å². The van der Waals surface area contributed by atoms with E-state index in [1.54, 1.807) is 0 Å². The van der Waals surface area contributed by atoms with E-state index in [9.17, 15) is 13.7 Å². The number of nitrogens with one attached hydrogen (secondary N) is 1. The predicted octanol–water partition coefficient (Wildman–Crippen LogP) is 5.36. The van der Waals surface area contributed by atoms with Crippen LogP contribution in [0.1, 0.15) is 22.3 Å².